The van der Waals surface area contributed by atoms with Gasteiger partial charge in [-0.15, -0.1) is 0 Å². The molecule has 0 spiro atoms. The van der Waals surface area contributed by atoms with Gasteiger partial charge in [-0.1, -0.05) is 12.1 Å². The second-order valence-electron chi connectivity index (χ2n) is 6.62. The Bertz CT molecular complexity index is 1070. The van der Waals surface area contributed by atoms with Gasteiger partial charge in [0.15, 0.2) is 0 Å². The maximum atomic E-state index is 12.9. The summed E-state index contributed by atoms with van der Waals surface area (Å²) in [7, 11) is -3.63. The molecule has 2 aromatic rings. The van der Waals surface area contributed by atoms with Crippen LogP contribution in [0.15, 0.2) is 42.5 Å². The second kappa shape index (κ2) is 9.27. The smallest absolute Gasteiger partial charge is 0.316 e. The van der Waals surface area contributed by atoms with Gasteiger partial charge in [-0.2, -0.15) is 0 Å². The van der Waals surface area contributed by atoms with E-state index >= 15 is 0 Å². The van der Waals surface area contributed by atoms with Crippen molar-refractivity contribution in [3.63, 3.8) is 0 Å². The molecular formula is C19H23N5O5S. The Hall–Kier alpha value is -3.60. The Morgan fingerprint density at radius 3 is 2.10 bits per heavy atom. The van der Waals surface area contributed by atoms with Crippen molar-refractivity contribution in [1.82, 2.24) is 5.32 Å². The van der Waals surface area contributed by atoms with E-state index in [1.165, 1.54) is 25.1 Å². The van der Waals surface area contributed by atoms with Gasteiger partial charge in [0.25, 0.3) is 5.91 Å². The van der Waals surface area contributed by atoms with Crippen molar-refractivity contribution in [2.45, 2.75) is 19.9 Å². The van der Waals surface area contributed by atoms with E-state index in [9.17, 15) is 22.8 Å². The zero-order chi connectivity index (χ0) is 22.5. The van der Waals surface area contributed by atoms with E-state index in [0.29, 0.717) is 11.4 Å². The largest absolute Gasteiger partial charge is 0.351 e. The van der Waals surface area contributed by atoms with Crippen LogP contribution in [0.2, 0.25) is 0 Å². The summed E-state index contributed by atoms with van der Waals surface area (Å²) in [5.41, 5.74) is 6.80. The van der Waals surface area contributed by atoms with Crippen LogP contribution >= 0.6 is 0 Å². The minimum Gasteiger partial charge on any atom is -0.351 e. The molecule has 2 aromatic carbocycles. The molecule has 11 heteroatoms. The van der Waals surface area contributed by atoms with Gasteiger partial charge in [-0.25, -0.2) is 13.2 Å². The predicted molar refractivity (Wildman–Crippen MR) is 115 cm³/mol. The number of carbonyl (C=O) groups is 3. The minimum atomic E-state index is -3.63. The summed E-state index contributed by atoms with van der Waals surface area (Å²) < 4.78 is 25.6. The molecule has 0 saturated heterocycles. The molecule has 0 bridgehead atoms. The molecule has 6 N–H and O–H groups in total. The summed E-state index contributed by atoms with van der Waals surface area (Å²) in [6.45, 7) is 3.07. The van der Waals surface area contributed by atoms with Gasteiger partial charge >= 0.3 is 6.03 Å². The lowest BCUT2D eigenvalue weighted by Gasteiger charge is -2.17. The van der Waals surface area contributed by atoms with Crippen molar-refractivity contribution in [1.29, 1.82) is 0 Å². The molecule has 0 aliphatic rings. The summed E-state index contributed by atoms with van der Waals surface area (Å²) in [5.74, 6) is -0.872. The van der Waals surface area contributed by atoms with Crippen LogP contribution in [-0.4, -0.2) is 32.5 Å². The summed E-state index contributed by atoms with van der Waals surface area (Å²) >= 11 is 0. The summed E-state index contributed by atoms with van der Waals surface area (Å²) in [4.78, 5) is 35.1. The molecule has 0 radical (unpaired) electrons. The number of primary amides is 1. The summed E-state index contributed by atoms with van der Waals surface area (Å²) in [6.07, 6.45) is 0.973. The third-order valence-corrected chi connectivity index (χ3v) is 4.50. The molecule has 0 aromatic heterocycles. The fraction of sp³-hybridized carbons (Fsp3) is 0.211. The first-order valence-corrected chi connectivity index (χ1v) is 10.7. The van der Waals surface area contributed by atoms with E-state index < -0.39 is 28.0 Å². The van der Waals surface area contributed by atoms with Crippen LogP contribution in [0.25, 0.3) is 0 Å². The van der Waals surface area contributed by atoms with Gasteiger partial charge in [-0.3, -0.25) is 14.3 Å². The SMILES string of the molecule is CC(=O)Nc1ccc(NS(C)(=O)=O)c(C(=O)NC(C)c2ccc(NC(N)=O)cc2)c1. The Morgan fingerprint density at radius 1 is 0.967 bits per heavy atom. The normalized spacial score (nSPS) is 11.8. The number of hydrogen-bond acceptors (Lipinski definition) is 5. The number of benzene rings is 2. The predicted octanol–water partition coefficient (Wildman–Crippen LogP) is 2.00. The molecule has 30 heavy (non-hydrogen) atoms. The monoisotopic (exact) mass is 433 g/mol. The standard InChI is InChI=1S/C19H23N5O5S/c1-11(13-4-6-14(7-5-13)23-19(20)27)21-18(26)16-10-15(22-12(2)25)8-9-17(16)24-30(3,28)29/h4-11,24H,1-3H3,(H,21,26)(H,22,25)(H3,20,23,27). The second-order valence-corrected chi connectivity index (χ2v) is 8.37. The zero-order valence-electron chi connectivity index (χ0n) is 16.6. The molecular weight excluding hydrogens is 410 g/mol. The average molecular weight is 433 g/mol. The lowest BCUT2D eigenvalue weighted by molar-refractivity contribution is -0.114. The highest BCUT2D eigenvalue weighted by atomic mass is 32.2. The summed E-state index contributed by atoms with van der Waals surface area (Å²) in [5, 5.41) is 7.78. The van der Waals surface area contributed by atoms with Crippen LogP contribution in [0.4, 0.5) is 21.9 Å². The van der Waals surface area contributed by atoms with Crippen LogP contribution in [0.3, 0.4) is 0 Å². The first-order valence-electron chi connectivity index (χ1n) is 8.81. The number of urea groups is 1. The molecule has 0 aliphatic carbocycles. The number of amides is 4. The highest BCUT2D eigenvalue weighted by Gasteiger charge is 2.18. The molecule has 160 valence electrons. The van der Waals surface area contributed by atoms with E-state index in [0.717, 1.165) is 11.8 Å². The number of carbonyl (C=O) groups excluding carboxylic acids is 3. The Morgan fingerprint density at radius 2 is 1.57 bits per heavy atom. The van der Waals surface area contributed by atoms with E-state index in [-0.39, 0.29) is 17.2 Å². The van der Waals surface area contributed by atoms with Crippen LogP contribution in [0.5, 0.6) is 0 Å². The van der Waals surface area contributed by atoms with Crippen molar-refractivity contribution < 1.29 is 22.8 Å². The molecule has 2 rings (SSSR count). The molecule has 0 heterocycles. The van der Waals surface area contributed by atoms with Crippen molar-refractivity contribution in [3.8, 4) is 0 Å². The van der Waals surface area contributed by atoms with Gasteiger partial charge in [0.1, 0.15) is 0 Å². The Kier molecular flexibility index (Phi) is 7.01. The van der Waals surface area contributed by atoms with Crippen LogP contribution < -0.4 is 26.4 Å². The third kappa shape index (κ3) is 6.78. The first kappa shape index (κ1) is 22.7. The van der Waals surface area contributed by atoms with Crippen molar-refractivity contribution in [2.24, 2.45) is 5.73 Å². The number of nitrogens with two attached hydrogens (primary N) is 1. The van der Waals surface area contributed by atoms with Gasteiger partial charge in [-0.05, 0) is 42.8 Å². The number of anilines is 3. The molecule has 0 aliphatic heterocycles. The molecule has 1 unspecified atom stereocenters. The highest BCUT2D eigenvalue weighted by molar-refractivity contribution is 7.92. The number of sulfonamides is 1. The van der Waals surface area contributed by atoms with E-state index in [1.807, 2.05) is 0 Å². The maximum Gasteiger partial charge on any atom is 0.316 e. The van der Waals surface area contributed by atoms with Crippen LogP contribution in [-0.2, 0) is 14.8 Å². The quantitative estimate of drug-likeness (QED) is 0.451. The van der Waals surface area contributed by atoms with Gasteiger partial charge in [0, 0.05) is 18.3 Å². The van der Waals surface area contributed by atoms with E-state index in [1.54, 1.807) is 31.2 Å². The lowest BCUT2D eigenvalue weighted by Crippen LogP contribution is -2.28. The molecule has 0 fully saturated rings. The average Bonchev–Trinajstić information content (AvgIpc) is 2.61. The fourth-order valence-electron chi connectivity index (χ4n) is 2.66. The molecule has 10 nitrogen and oxygen atoms in total. The Balaban J connectivity index is 2.26. The van der Waals surface area contributed by atoms with Gasteiger partial charge in [0.2, 0.25) is 15.9 Å². The summed E-state index contributed by atoms with van der Waals surface area (Å²) in [6, 6.07) is 9.84. The molecule has 1 atom stereocenters. The first-order chi connectivity index (χ1) is 13.9. The molecule has 0 saturated carbocycles. The molecule has 4 amide bonds. The third-order valence-electron chi connectivity index (χ3n) is 3.91. The topological polar surface area (TPSA) is 159 Å². The van der Waals surface area contributed by atoms with Gasteiger partial charge in [0.05, 0.1) is 23.5 Å². The minimum absolute atomic E-state index is 0.0468. The number of rotatable bonds is 7. The van der Waals surface area contributed by atoms with Crippen LogP contribution in [0.1, 0.15) is 35.8 Å². The van der Waals surface area contributed by atoms with Gasteiger partial charge < -0.3 is 21.7 Å². The highest BCUT2D eigenvalue weighted by Crippen LogP contribution is 2.23. The van der Waals surface area contributed by atoms with E-state index in [2.05, 4.69) is 20.7 Å². The van der Waals surface area contributed by atoms with E-state index in [4.69, 9.17) is 5.73 Å². The van der Waals surface area contributed by atoms with Crippen LogP contribution in [0, 0.1) is 0 Å². The van der Waals surface area contributed by atoms with Crippen molar-refractivity contribution in [2.75, 3.05) is 21.6 Å². The van der Waals surface area contributed by atoms with Crippen molar-refractivity contribution >= 4 is 44.9 Å². The zero-order valence-corrected chi connectivity index (χ0v) is 17.5. The lowest BCUT2D eigenvalue weighted by atomic mass is 10.1. The van der Waals surface area contributed by atoms with Crippen molar-refractivity contribution in [3.05, 3.63) is 53.6 Å². The maximum absolute atomic E-state index is 12.9. The number of nitrogens with one attached hydrogen (secondary N) is 4. The number of hydrogen-bond donors (Lipinski definition) is 5. The fourth-order valence-corrected chi connectivity index (χ4v) is 3.23. The Labute approximate surface area is 174 Å².